The molecule has 0 spiro atoms. The van der Waals surface area contributed by atoms with Crippen LogP contribution in [0, 0.1) is 5.82 Å². The first kappa shape index (κ1) is 12.7. The summed E-state index contributed by atoms with van der Waals surface area (Å²) in [5.41, 5.74) is -1.12. The molecule has 0 bridgehead atoms. The topological polar surface area (TPSA) is 29.5 Å². The number of carbonyl (C=O) groups excluding carboxylic acids is 1. The second kappa shape index (κ2) is 4.47. The molecule has 1 saturated heterocycles. The molecule has 0 aromatic heterocycles. The molecule has 0 saturated carbocycles. The molecule has 1 aliphatic heterocycles. The Labute approximate surface area is 99.9 Å². The number of amides is 1. The highest BCUT2D eigenvalue weighted by Crippen LogP contribution is 2.30. The van der Waals surface area contributed by atoms with E-state index in [4.69, 9.17) is 0 Å². The fourth-order valence-electron chi connectivity index (χ4n) is 1.65. The molecule has 7 heteroatoms. The summed E-state index contributed by atoms with van der Waals surface area (Å²) >= 11 is 0. The van der Waals surface area contributed by atoms with Crippen LogP contribution in [0.25, 0.3) is 0 Å². The molecule has 0 atom stereocenters. The Kier molecular flexibility index (Phi) is 3.14. The third-order valence-corrected chi connectivity index (χ3v) is 2.58. The molecule has 1 fully saturated rings. The molecule has 1 aliphatic rings. The summed E-state index contributed by atoms with van der Waals surface area (Å²) in [6, 6.07) is 2.13. The Hall–Kier alpha value is -1.79. The maximum Gasteiger partial charge on any atom is 0.416 e. The molecule has 1 heterocycles. The second-order valence-electron chi connectivity index (χ2n) is 3.84. The predicted octanol–water partition coefficient (Wildman–Crippen LogP) is 2.80. The molecule has 1 aromatic carbocycles. The van der Waals surface area contributed by atoms with Gasteiger partial charge in [-0.25, -0.2) is 9.18 Å². The Morgan fingerprint density at radius 3 is 2.61 bits per heavy atom. The van der Waals surface area contributed by atoms with Crippen molar-refractivity contribution in [3.63, 3.8) is 0 Å². The standard InChI is InChI=1S/C11H9F4NO2/c12-9-2-1-8(11(13,14)15)5-7(9)6-16-3-4-18-10(16)17/h1-2,5H,3-4,6H2. The maximum absolute atomic E-state index is 13.4. The highest BCUT2D eigenvalue weighted by molar-refractivity contribution is 5.69. The van der Waals surface area contributed by atoms with Gasteiger partial charge in [0.05, 0.1) is 18.7 Å². The van der Waals surface area contributed by atoms with Gasteiger partial charge >= 0.3 is 12.3 Å². The molecule has 2 rings (SSSR count). The maximum atomic E-state index is 13.4. The molecule has 0 aliphatic carbocycles. The third kappa shape index (κ3) is 2.55. The van der Waals surface area contributed by atoms with Crippen LogP contribution < -0.4 is 0 Å². The molecular weight excluding hydrogens is 254 g/mol. The molecule has 1 amide bonds. The van der Waals surface area contributed by atoms with Crippen LogP contribution in [0.15, 0.2) is 18.2 Å². The van der Waals surface area contributed by atoms with Gasteiger partial charge in [-0.15, -0.1) is 0 Å². The second-order valence-corrected chi connectivity index (χ2v) is 3.84. The first-order valence-corrected chi connectivity index (χ1v) is 5.15. The van der Waals surface area contributed by atoms with E-state index in [-0.39, 0.29) is 25.3 Å². The summed E-state index contributed by atoms with van der Waals surface area (Å²) in [7, 11) is 0. The van der Waals surface area contributed by atoms with Gasteiger partial charge in [-0.1, -0.05) is 0 Å². The van der Waals surface area contributed by atoms with Crippen molar-refractivity contribution in [2.75, 3.05) is 13.2 Å². The van der Waals surface area contributed by atoms with E-state index in [1.807, 2.05) is 0 Å². The van der Waals surface area contributed by atoms with Crippen LogP contribution in [-0.4, -0.2) is 24.1 Å². The average Bonchev–Trinajstić information content (AvgIpc) is 2.66. The summed E-state index contributed by atoms with van der Waals surface area (Å²) in [6.45, 7) is 0.183. The number of nitrogens with zero attached hydrogens (tertiary/aromatic N) is 1. The van der Waals surface area contributed by atoms with Gasteiger partial charge in [-0.2, -0.15) is 13.2 Å². The predicted molar refractivity (Wildman–Crippen MR) is 53.2 cm³/mol. The molecular formula is C11H9F4NO2. The van der Waals surface area contributed by atoms with Crippen LogP contribution in [0.1, 0.15) is 11.1 Å². The SMILES string of the molecule is O=C1OCCN1Cc1cc(C(F)(F)F)ccc1F. The van der Waals surface area contributed by atoms with Crippen molar-refractivity contribution in [2.24, 2.45) is 0 Å². The van der Waals surface area contributed by atoms with Gasteiger partial charge in [0.1, 0.15) is 12.4 Å². The number of hydrogen-bond donors (Lipinski definition) is 0. The molecule has 1 aromatic rings. The van der Waals surface area contributed by atoms with Crippen LogP contribution in [0.4, 0.5) is 22.4 Å². The van der Waals surface area contributed by atoms with E-state index in [9.17, 15) is 22.4 Å². The van der Waals surface area contributed by atoms with Gasteiger partial charge < -0.3 is 9.64 Å². The summed E-state index contributed by atoms with van der Waals surface area (Å²) < 4.78 is 55.4. The van der Waals surface area contributed by atoms with Crippen molar-refractivity contribution in [3.8, 4) is 0 Å². The lowest BCUT2D eigenvalue weighted by atomic mass is 10.1. The largest absolute Gasteiger partial charge is 0.448 e. The van der Waals surface area contributed by atoms with E-state index in [1.54, 1.807) is 0 Å². The summed E-state index contributed by atoms with van der Waals surface area (Å²) in [5.74, 6) is -0.775. The lowest BCUT2D eigenvalue weighted by Crippen LogP contribution is -2.24. The molecule has 0 N–H and O–H groups in total. The Morgan fingerprint density at radius 2 is 2.06 bits per heavy atom. The van der Waals surface area contributed by atoms with Crippen LogP contribution in [0.2, 0.25) is 0 Å². The van der Waals surface area contributed by atoms with Crippen molar-refractivity contribution in [2.45, 2.75) is 12.7 Å². The average molecular weight is 263 g/mol. The summed E-state index contributed by atoms with van der Waals surface area (Å²) in [6.07, 6.45) is -5.18. The number of rotatable bonds is 2. The fraction of sp³-hybridized carbons (Fsp3) is 0.364. The van der Waals surface area contributed by atoms with Crippen LogP contribution in [0.5, 0.6) is 0 Å². The minimum Gasteiger partial charge on any atom is -0.448 e. The molecule has 98 valence electrons. The van der Waals surface area contributed by atoms with Crippen molar-refractivity contribution < 1.29 is 27.1 Å². The van der Waals surface area contributed by atoms with Gasteiger partial charge in [-0.05, 0) is 18.2 Å². The number of alkyl halides is 3. The van der Waals surface area contributed by atoms with E-state index >= 15 is 0 Å². The van der Waals surface area contributed by atoms with Crippen molar-refractivity contribution >= 4 is 6.09 Å². The zero-order valence-electron chi connectivity index (χ0n) is 9.13. The van der Waals surface area contributed by atoms with E-state index in [2.05, 4.69) is 4.74 Å². The lowest BCUT2D eigenvalue weighted by Gasteiger charge is -2.15. The Morgan fingerprint density at radius 1 is 1.33 bits per heavy atom. The third-order valence-electron chi connectivity index (χ3n) is 2.58. The van der Waals surface area contributed by atoms with Gasteiger partial charge in [0.2, 0.25) is 0 Å². The van der Waals surface area contributed by atoms with E-state index < -0.39 is 23.7 Å². The van der Waals surface area contributed by atoms with Crippen molar-refractivity contribution in [3.05, 3.63) is 35.1 Å². The normalized spacial score (nSPS) is 16.0. The monoisotopic (exact) mass is 263 g/mol. The molecule has 0 unspecified atom stereocenters. The number of halogens is 4. The van der Waals surface area contributed by atoms with E-state index in [0.29, 0.717) is 12.1 Å². The number of cyclic esters (lactones) is 1. The van der Waals surface area contributed by atoms with Crippen molar-refractivity contribution in [1.82, 2.24) is 4.90 Å². The summed E-state index contributed by atoms with van der Waals surface area (Å²) in [4.78, 5) is 12.3. The van der Waals surface area contributed by atoms with Crippen LogP contribution in [-0.2, 0) is 17.5 Å². The van der Waals surface area contributed by atoms with E-state index in [0.717, 1.165) is 11.0 Å². The van der Waals surface area contributed by atoms with E-state index in [1.165, 1.54) is 0 Å². The zero-order valence-corrected chi connectivity index (χ0v) is 9.13. The first-order valence-electron chi connectivity index (χ1n) is 5.15. The number of benzene rings is 1. The Balaban J connectivity index is 2.24. The zero-order chi connectivity index (χ0) is 13.3. The molecule has 3 nitrogen and oxygen atoms in total. The minimum atomic E-state index is -4.53. The van der Waals surface area contributed by atoms with Gasteiger partial charge in [0.25, 0.3) is 0 Å². The van der Waals surface area contributed by atoms with Gasteiger partial charge in [-0.3, -0.25) is 0 Å². The number of hydrogen-bond acceptors (Lipinski definition) is 2. The van der Waals surface area contributed by atoms with Crippen LogP contribution in [0.3, 0.4) is 0 Å². The Bertz CT molecular complexity index is 473. The first-order chi connectivity index (χ1) is 8.38. The van der Waals surface area contributed by atoms with Gasteiger partial charge in [0, 0.05) is 5.56 Å². The molecule has 0 radical (unpaired) electrons. The molecule has 18 heavy (non-hydrogen) atoms. The highest BCUT2D eigenvalue weighted by atomic mass is 19.4. The summed E-state index contributed by atoms with van der Waals surface area (Å²) in [5, 5.41) is 0. The lowest BCUT2D eigenvalue weighted by molar-refractivity contribution is -0.137. The van der Waals surface area contributed by atoms with Gasteiger partial charge in [0.15, 0.2) is 0 Å². The quantitative estimate of drug-likeness (QED) is 0.768. The highest BCUT2D eigenvalue weighted by Gasteiger charge is 2.32. The number of carbonyl (C=O) groups is 1. The smallest absolute Gasteiger partial charge is 0.416 e. The van der Waals surface area contributed by atoms with Crippen LogP contribution >= 0.6 is 0 Å². The minimum absolute atomic E-state index is 0.166. The number of ether oxygens (including phenoxy) is 1. The fourth-order valence-corrected chi connectivity index (χ4v) is 1.65. The van der Waals surface area contributed by atoms with Crippen molar-refractivity contribution in [1.29, 1.82) is 0 Å².